The molecule has 1 atom stereocenters. The minimum Gasteiger partial charge on any atom is -0.444 e. The van der Waals surface area contributed by atoms with Crippen LogP contribution in [0.5, 0.6) is 0 Å². The van der Waals surface area contributed by atoms with E-state index in [1.165, 1.54) is 0 Å². The zero-order valence-corrected chi connectivity index (χ0v) is 18.6. The Morgan fingerprint density at radius 2 is 1.87 bits per heavy atom. The highest BCUT2D eigenvalue weighted by molar-refractivity contribution is 7.99. The Morgan fingerprint density at radius 3 is 2.50 bits per heavy atom. The van der Waals surface area contributed by atoms with Crippen molar-refractivity contribution in [3.8, 4) is 0 Å². The molecule has 0 radical (unpaired) electrons. The summed E-state index contributed by atoms with van der Waals surface area (Å²) >= 11 is 0.537. The monoisotopic (exact) mass is 443 g/mol. The number of thioether (sulfide) groups is 1. The number of alkyl halides is 2. The van der Waals surface area contributed by atoms with Crippen molar-refractivity contribution < 1.29 is 23.1 Å². The number of carbonyl (C=O) groups is 2. The Hall–Kier alpha value is -1.87. The predicted molar refractivity (Wildman–Crippen MR) is 114 cm³/mol. The van der Waals surface area contributed by atoms with Crippen LogP contribution in [-0.4, -0.2) is 54.4 Å². The van der Waals surface area contributed by atoms with Crippen LogP contribution in [0, 0.1) is 5.92 Å². The lowest BCUT2D eigenvalue weighted by Crippen LogP contribution is -2.44. The van der Waals surface area contributed by atoms with Gasteiger partial charge < -0.3 is 15.4 Å². The average Bonchev–Trinajstić information content (AvgIpc) is 2.65. The summed E-state index contributed by atoms with van der Waals surface area (Å²) in [6.07, 6.45) is 1.25. The fourth-order valence-corrected chi connectivity index (χ4v) is 3.76. The van der Waals surface area contributed by atoms with Gasteiger partial charge in [0.1, 0.15) is 5.60 Å². The summed E-state index contributed by atoms with van der Waals surface area (Å²) in [6, 6.07) is 7.13. The molecule has 0 bridgehead atoms. The van der Waals surface area contributed by atoms with E-state index in [4.69, 9.17) is 4.74 Å². The van der Waals surface area contributed by atoms with Crippen LogP contribution in [0.25, 0.3) is 0 Å². The third-order valence-electron chi connectivity index (χ3n) is 4.52. The van der Waals surface area contributed by atoms with Crippen molar-refractivity contribution in [2.75, 3.05) is 26.2 Å². The number of nitrogens with one attached hydrogen (secondary N) is 2. The molecule has 1 aliphatic rings. The number of hydrogen-bond acceptors (Lipinski definition) is 5. The first-order chi connectivity index (χ1) is 14.1. The van der Waals surface area contributed by atoms with Crippen molar-refractivity contribution >= 4 is 23.8 Å². The summed E-state index contributed by atoms with van der Waals surface area (Å²) in [4.78, 5) is 26.8. The summed E-state index contributed by atoms with van der Waals surface area (Å²) in [5.74, 6) is -2.54. The molecule has 0 saturated carbocycles. The van der Waals surface area contributed by atoms with Gasteiger partial charge in [0.25, 0.3) is 5.76 Å². The van der Waals surface area contributed by atoms with Gasteiger partial charge in [-0.1, -0.05) is 23.9 Å². The van der Waals surface area contributed by atoms with E-state index in [2.05, 4.69) is 15.5 Å². The second-order valence-corrected chi connectivity index (χ2v) is 9.38. The van der Waals surface area contributed by atoms with Crippen molar-refractivity contribution in [3.63, 3.8) is 0 Å². The van der Waals surface area contributed by atoms with Crippen molar-refractivity contribution in [1.29, 1.82) is 0 Å². The first-order valence-electron chi connectivity index (χ1n) is 10.1. The number of piperidine rings is 1. The van der Waals surface area contributed by atoms with Crippen LogP contribution in [-0.2, 0) is 16.1 Å². The molecule has 30 heavy (non-hydrogen) atoms. The summed E-state index contributed by atoms with van der Waals surface area (Å²) in [7, 11) is 0. The van der Waals surface area contributed by atoms with Crippen molar-refractivity contribution in [3.05, 3.63) is 29.8 Å². The smallest absolute Gasteiger partial charge is 0.407 e. The van der Waals surface area contributed by atoms with Gasteiger partial charge in [-0.05, 0) is 57.9 Å². The van der Waals surface area contributed by atoms with Crippen molar-refractivity contribution in [2.24, 2.45) is 5.92 Å². The number of halogens is 2. The van der Waals surface area contributed by atoms with Gasteiger partial charge in [0, 0.05) is 31.1 Å². The zero-order chi connectivity index (χ0) is 22.1. The Labute approximate surface area is 181 Å². The number of hydrogen-bond donors (Lipinski definition) is 2. The lowest BCUT2D eigenvalue weighted by molar-refractivity contribution is -0.126. The van der Waals surface area contributed by atoms with Crippen molar-refractivity contribution in [2.45, 2.75) is 56.4 Å². The number of ether oxygens (including phenoxy) is 1. The summed E-state index contributed by atoms with van der Waals surface area (Å²) in [5.41, 5.74) is 0.484. The maximum absolute atomic E-state index is 12.5. The predicted octanol–water partition coefficient (Wildman–Crippen LogP) is 3.85. The summed E-state index contributed by atoms with van der Waals surface area (Å²) in [6.45, 7) is 8.26. The standard InChI is InChI=1S/C21H31F2N3O3S/c1-21(2,3)29-20(28)25-11-10-24-18(27)16-5-4-12-26(14-16)13-15-6-8-17(9-7-15)30-19(22)23/h6-9,16,19H,4-5,10-14H2,1-3H3,(H,24,27)(H,25,28). The third kappa shape index (κ3) is 9.30. The van der Waals surface area contributed by atoms with Crippen LogP contribution in [0.3, 0.4) is 0 Å². The average molecular weight is 444 g/mol. The highest BCUT2D eigenvalue weighted by atomic mass is 32.2. The van der Waals surface area contributed by atoms with Gasteiger partial charge in [0.2, 0.25) is 5.91 Å². The molecular weight excluding hydrogens is 412 g/mol. The normalized spacial score (nSPS) is 17.6. The number of likely N-dealkylation sites (tertiary alicyclic amines) is 1. The van der Waals surface area contributed by atoms with Crippen LogP contribution in [0.4, 0.5) is 13.6 Å². The van der Waals surface area contributed by atoms with E-state index in [0.717, 1.165) is 24.9 Å². The molecule has 9 heteroatoms. The SMILES string of the molecule is CC(C)(C)OC(=O)NCCNC(=O)C1CCCN(Cc2ccc(SC(F)F)cc2)C1. The molecule has 1 aromatic rings. The Morgan fingerprint density at radius 1 is 1.20 bits per heavy atom. The molecule has 2 N–H and O–H groups in total. The number of nitrogens with zero attached hydrogens (tertiary/aromatic N) is 1. The minimum absolute atomic E-state index is 0.0191. The van der Waals surface area contributed by atoms with Crippen molar-refractivity contribution in [1.82, 2.24) is 15.5 Å². The molecule has 1 aromatic carbocycles. The van der Waals surface area contributed by atoms with Gasteiger partial charge in [-0.15, -0.1) is 0 Å². The second-order valence-electron chi connectivity index (χ2n) is 8.32. The van der Waals surface area contributed by atoms with E-state index in [-0.39, 0.29) is 11.8 Å². The van der Waals surface area contributed by atoms with Gasteiger partial charge in [-0.25, -0.2) is 4.79 Å². The number of carbonyl (C=O) groups excluding carboxylic acids is 2. The fraction of sp³-hybridized carbons (Fsp3) is 0.619. The van der Waals surface area contributed by atoms with Gasteiger partial charge in [0.15, 0.2) is 0 Å². The highest BCUT2D eigenvalue weighted by Crippen LogP contribution is 2.26. The topological polar surface area (TPSA) is 70.7 Å². The number of benzene rings is 1. The maximum atomic E-state index is 12.5. The van der Waals surface area contributed by atoms with Gasteiger partial charge in [0.05, 0.1) is 5.92 Å². The number of alkyl carbamates (subject to hydrolysis) is 1. The molecule has 0 aromatic heterocycles. The Balaban J connectivity index is 1.72. The first kappa shape index (κ1) is 24.4. The molecule has 1 unspecified atom stereocenters. The Bertz CT molecular complexity index is 696. The molecule has 0 aliphatic carbocycles. The molecule has 2 rings (SSSR count). The largest absolute Gasteiger partial charge is 0.444 e. The van der Waals surface area contributed by atoms with Gasteiger partial charge >= 0.3 is 6.09 Å². The highest BCUT2D eigenvalue weighted by Gasteiger charge is 2.25. The molecular formula is C21H31F2N3O3S. The van der Waals surface area contributed by atoms with E-state index >= 15 is 0 Å². The first-order valence-corrected chi connectivity index (χ1v) is 11.0. The number of rotatable bonds is 8. The number of amides is 2. The molecule has 1 saturated heterocycles. The Kier molecular flexibility index (Phi) is 9.36. The third-order valence-corrected chi connectivity index (χ3v) is 5.25. The molecule has 2 amide bonds. The quantitative estimate of drug-likeness (QED) is 0.472. The van der Waals surface area contributed by atoms with Crippen LogP contribution in [0.1, 0.15) is 39.2 Å². The minimum atomic E-state index is -2.42. The molecule has 168 valence electrons. The van der Waals surface area contributed by atoms with Crippen LogP contribution in [0.15, 0.2) is 29.2 Å². The summed E-state index contributed by atoms with van der Waals surface area (Å²) in [5, 5.41) is 5.49. The van der Waals surface area contributed by atoms with E-state index in [1.807, 2.05) is 12.1 Å². The lowest BCUT2D eigenvalue weighted by atomic mass is 9.96. The maximum Gasteiger partial charge on any atom is 0.407 e. The molecule has 0 spiro atoms. The van der Waals surface area contributed by atoms with Crippen LogP contribution >= 0.6 is 11.8 Å². The van der Waals surface area contributed by atoms with Crippen LogP contribution < -0.4 is 10.6 Å². The summed E-state index contributed by atoms with van der Waals surface area (Å²) < 4.78 is 30.0. The molecule has 6 nitrogen and oxygen atoms in total. The van der Waals surface area contributed by atoms with E-state index in [9.17, 15) is 18.4 Å². The van der Waals surface area contributed by atoms with E-state index in [1.54, 1.807) is 32.9 Å². The fourth-order valence-electron chi connectivity index (χ4n) is 3.26. The molecule has 1 heterocycles. The van der Waals surface area contributed by atoms with E-state index < -0.39 is 17.5 Å². The van der Waals surface area contributed by atoms with E-state index in [0.29, 0.717) is 42.8 Å². The second kappa shape index (κ2) is 11.5. The van der Waals surface area contributed by atoms with Gasteiger partial charge in [-0.2, -0.15) is 8.78 Å². The molecule has 1 aliphatic heterocycles. The van der Waals surface area contributed by atoms with Gasteiger partial charge in [-0.3, -0.25) is 9.69 Å². The van der Waals surface area contributed by atoms with Crippen LogP contribution in [0.2, 0.25) is 0 Å². The lowest BCUT2D eigenvalue weighted by Gasteiger charge is -2.32. The molecule has 1 fully saturated rings. The zero-order valence-electron chi connectivity index (χ0n) is 17.7.